The average molecular weight is 378 g/mol. The lowest BCUT2D eigenvalue weighted by molar-refractivity contribution is 0.619. The summed E-state index contributed by atoms with van der Waals surface area (Å²) in [7, 11) is 0. The Labute approximate surface area is 160 Å². The first-order chi connectivity index (χ1) is 13.7. The van der Waals surface area contributed by atoms with Gasteiger partial charge in [-0.25, -0.2) is 14.4 Å². The molecule has 3 heterocycles. The standard InChI is InChI=1S/C19H19FN8/c1-10-12(4-5-14-17(10)24-9-23-14)7-21-19-22-8-13(20)18(26-19)25-16-6-15(27-28-16)11-2-3-11/h4-6,8-9,11H,2-3,7H2,1H3,(H,23,24)(H3,21,22,25,26,27,28). The van der Waals surface area contributed by atoms with Crippen molar-refractivity contribution >= 4 is 28.6 Å². The van der Waals surface area contributed by atoms with Crippen molar-refractivity contribution in [2.75, 3.05) is 10.6 Å². The van der Waals surface area contributed by atoms with Crippen LogP contribution in [0.3, 0.4) is 0 Å². The first-order valence-electron chi connectivity index (χ1n) is 9.17. The molecule has 0 unspecified atom stereocenters. The van der Waals surface area contributed by atoms with Crippen molar-refractivity contribution in [1.29, 1.82) is 0 Å². The van der Waals surface area contributed by atoms with Gasteiger partial charge in [0.1, 0.15) is 0 Å². The predicted molar refractivity (Wildman–Crippen MR) is 104 cm³/mol. The molecule has 1 fully saturated rings. The number of halogens is 1. The van der Waals surface area contributed by atoms with Crippen LogP contribution in [0, 0.1) is 12.7 Å². The first-order valence-corrected chi connectivity index (χ1v) is 9.17. The summed E-state index contributed by atoms with van der Waals surface area (Å²) in [5.41, 5.74) is 5.15. The fraction of sp³-hybridized carbons (Fsp3) is 0.263. The van der Waals surface area contributed by atoms with E-state index in [4.69, 9.17) is 0 Å². The summed E-state index contributed by atoms with van der Waals surface area (Å²) in [6.45, 7) is 2.53. The number of imidazole rings is 1. The van der Waals surface area contributed by atoms with E-state index in [2.05, 4.69) is 40.8 Å². The van der Waals surface area contributed by atoms with Crippen molar-refractivity contribution in [3.05, 3.63) is 53.4 Å². The van der Waals surface area contributed by atoms with Gasteiger partial charge in [-0.05, 0) is 37.0 Å². The van der Waals surface area contributed by atoms with Crippen molar-refractivity contribution in [3.8, 4) is 0 Å². The maximum Gasteiger partial charge on any atom is 0.225 e. The van der Waals surface area contributed by atoms with E-state index in [1.54, 1.807) is 6.33 Å². The fourth-order valence-corrected chi connectivity index (χ4v) is 3.22. The van der Waals surface area contributed by atoms with Gasteiger partial charge in [0.25, 0.3) is 0 Å². The summed E-state index contributed by atoms with van der Waals surface area (Å²) in [6.07, 6.45) is 5.16. The van der Waals surface area contributed by atoms with Crippen LogP contribution in [-0.4, -0.2) is 30.1 Å². The maximum atomic E-state index is 14.1. The van der Waals surface area contributed by atoms with E-state index in [1.807, 2.05) is 25.1 Å². The molecule has 1 aliphatic carbocycles. The largest absolute Gasteiger partial charge is 0.350 e. The van der Waals surface area contributed by atoms with E-state index < -0.39 is 5.82 Å². The summed E-state index contributed by atoms with van der Waals surface area (Å²) in [4.78, 5) is 15.7. The van der Waals surface area contributed by atoms with Crippen LogP contribution in [-0.2, 0) is 6.54 Å². The zero-order chi connectivity index (χ0) is 19.1. The number of benzene rings is 1. The van der Waals surface area contributed by atoms with Gasteiger partial charge >= 0.3 is 0 Å². The van der Waals surface area contributed by atoms with Crippen molar-refractivity contribution in [1.82, 2.24) is 30.1 Å². The highest BCUT2D eigenvalue weighted by Crippen LogP contribution is 2.39. The van der Waals surface area contributed by atoms with Crippen molar-refractivity contribution in [3.63, 3.8) is 0 Å². The van der Waals surface area contributed by atoms with Crippen LogP contribution in [0.4, 0.5) is 22.0 Å². The van der Waals surface area contributed by atoms with Crippen molar-refractivity contribution < 1.29 is 4.39 Å². The molecule has 1 saturated carbocycles. The topological polar surface area (TPSA) is 107 Å². The number of fused-ring (bicyclic) bond motifs is 1. The molecule has 0 aliphatic heterocycles. The highest BCUT2D eigenvalue weighted by molar-refractivity contribution is 5.79. The predicted octanol–water partition coefficient (Wildman–Crippen LogP) is 3.76. The molecule has 0 radical (unpaired) electrons. The van der Waals surface area contributed by atoms with E-state index in [1.165, 1.54) is 12.8 Å². The second-order valence-corrected chi connectivity index (χ2v) is 7.00. The molecule has 142 valence electrons. The molecule has 5 rings (SSSR count). The minimum Gasteiger partial charge on any atom is -0.350 e. The summed E-state index contributed by atoms with van der Waals surface area (Å²) in [5, 5.41) is 13.2. The highest BCUT2D eigenvalue weighted by atomic mass is 19.1. The number of rotatable bonds is 6. The smallest absolute Gasteiger partial charge is 0.225 e. The van der Waals surface area contributed by atoms with Gasteiger partial charge in [-0.15, -0.1) is 0 Å². The Morgan fingerprint density at radius 2 is 2.14 bits per heavy atom. The van der Waals surface area contributed by atoms with Crippen molar-refractivity contribution in [2.24, 2.45) is 0 Å². The molecule has 8 nitrogen and oxygen atoms in total. The molecule has 1 aliphatic rings. The number of nitrogens with zero attached hydrogens (tertiary/aromatic N) is 4. The third kappa shape index (κ3) is 3.15. The van der Waals surface area contributed by atoms with Gasteiger partial charge < -0.3 is 15.6 Å². The van der Waals surface area contributed by atoms with E-state index in [9.17, 15) is 4.39 Å². The molecule has 9 heteroatoms. The Hall–Kier alpha value is -3.49. The fourth-order valence-electron chi connectivity index (χ4n) is 3.22. The lowest BCUT2D eigenvalue weighted by Crippen LogP contribution is -2.07. The molecule has 4 N–H and O–H groups in total. The van der Waals surface area contributed by atoms with Gasteiger partial charge in [-0.1, -0.05) is 6.07 Å². The quantitative estimate of drug-likeness (QED) is 0.407. The van der Waals surface area contributed by atoms with E-state index in [0.717, 1.165) is 34.1 Å². The van der Waals surface area contributed by atoms with E-state index >= 15 is 0 Å². The number of anilines is 3. The zero-order valence-corrected chi connectivity index (χ0v) is 15.3. The Morgan fingerprint density at radius 1 is 1.25 bits per heavy atom. The van der Waals surface area contributed by atoms with Gasteiger partial charge in [0.2, 0.25) is 5.95 Å². The van der Waals surface area contributed by atoms with Gasteiger partial charge in [0, 0.05) is 24.2 Å². The molecule has 3 aromatic heterocycles. The molecule has 0 spiro atoms. The van der Waals surface area contributed by atoms with E-state index in [0.29, 0.717) is 24.2 Å². The lowest BCUT2D eigenvalue weighted by atomic mass is 10.1. The molecular weight excluding hydrogens is 359 g/mol. The molecule has 0 bridgehead atoms. The number of aromatic nitrogens is 6. The Kier molecular flexibility index (Phi) is 3.92. The molecule has 28 heavy (non-hydrogen) atoms. The Balaban J connectivity index is 1.32. The molecular formula is C19H19FN8. The number of hydrogen-bond donors (Lipinski definition) is 4. The van der Waals surface area contributed by atoms with Crippen molar-refractivity contribution in [2.45, 2.75) is 32.2 Å². The molecule has 0 atom stereocenters. The van der Waals surface area contributed by atoms with Crippen LogP contribution >= 0.6 is 0 Å². The van der Waals surface area contributed by atoms with Gasteiger partial charge in [0.05, 0.1) is 23.6 Å². The summed E-state index contributed by atoms with van der Waals surface area (Å²) < 4.78 is 14.1. The third-order valence-electron chi connectivity index (χ3n) is 5.00. The van der Waals surface area contributed by atoms with Crippen LogP contribution in [0.1, 0.15) is 35.6 Å². The molecule has 1 aromatic carbocycles. The van der Waals surface area contributed by atoms with Crippen LogP contribution in [0.5, 0.6) is 0 Å². The number of aryl methyl sites for hydroxylation is 1. The van der Waals surface area contributed by atoms with Crippen LogP contribution in [0.2, 0.25) is 0 Å². The second kappa shape index (κ2) is 6.59. The minimum absolute atomic E-state index is 0.0887. The van der Waals surface area contributed by atoms with Crippen LogP contribution in [0.15, 0.2) is 30.7 Å². The number of aromatic amines is 2. The Morgan fingerprint density at radius 3 is 3.00 bits per heavy atom. The average Bonchev–Trinajstić information content (AvgIpc) is 3.24. The summed E-state index contributed by atoms with van der Waals surface area (Å²) >= 11 is 0. The van der Waals surface area contributed by atoms with Crippen LogP contribution in [0.25, 0.3) is 11.0 Å². The molecule has 0 amide bonds. The Bertz CT molecular complexity index is 1140. The SMILES string of the molecule is Cc1c(CNc2ncc(F)c(Nc3cc(C4CC4)[nH]n3)n2)ccc2[nH]cnc12. The summed E-state index contributed by atoms with van der Waals surface area (Å²) in [5.74, 6) is 0.987. The van der Waals surface area contributed by atoms with Gasteiger partial charge in [0.15, 0.2) is 17.5 Å². The second-order valence-electron chi connectivity index (χ2n) is 7.00. The zero-order valence-electron chi connectivity index (χ0n) is 15.3. The molecule has 4 aromatic rings. The number of H-pyrrole nitrogens is 2. The highest BCUT2D eigenvalue weighted by Gasteiger charge is 2.25. The van der Waals surface area contributed by atoms with Gasteiger partial charge in [-0.3, -0.25) is 5.10 Å². The normalized spacial score (nSPS) is 13.8. The maximum absolute atomic E-state index is 14.1. The minimum atomic E-state index is -0.532. The number of nitrogens with one attached hydrogen (secondary N) is 4. The lowest BCUT2D eigenvalue weighted by Gasteiger charge is -2.10. The van der Waals surface area contributed by atoms with Gasteiger partial charge in [-0.2, -0.15) is 10.1 Å². The number of hydrogen-bond acceptors (Lipinski definition) is 6. The van der Waals surface area contributed by atoms with Crippen LogP contribution < -0.4 is 10.6 Å². The molecule has 0 saturated heterocycles. The van der Waals surface area contributed by atoms with E-state index in [-0.39, 0.29) is 5.82 Å². The first kappa shape index (κ1) is 16.7. The third-order valence-corrected chi connectivity index (χ3v) is 5.00. The summed E-state index contributed by atoms with van der Waals surface area (Å²) in [6, 6.07) is 5.91. The monoisotopic (exact) mass is 378 g/mol.